The minimum absolute atomic E-state index is 0.0679. The van der Waals surface area contributed by atoms with Crippen molar-refractivity contribution in [2.45, 2.75) is 44.9 Å². The summed E-state index contributed by atoms with van der Waals surface area (Å²) in [6.07, 6.45) is 4.57. The molecule has 0 aromatic heterocycles. The van der Waals surface area contributed by atoms with E-state index in [0.717, 1.165) is 25.7 Å². The van der Waals surface area contributed by atoms with Crippen LogP contribution in [0.5, 0.6) is 5.75 Å². The molecule has 106 valence electrons. The van der Waals surface area contributed by atoms with E-state index in [-0.39, 0.29) is 5.41 Å². The van der Waals surface area contributed by atoms with Gasteiger partial charge in [0.15, 0.2) is 0 Å². The van der Waals surface area contributed by atoms with E-state index in [1.54, 1.807) is 12.1 Å². The lowest BCUT2D eigenvalue weighted by molar-refractivity contribution is 0.424. The molecule has 2 aromatic carbocycles. The van der Waals surface area contributed by atoms with Crippen molar-refractivity contribution in [3.63, 3.8) is 0 Å². The number of phenols is 1. The summed E-state index contributed by atoms with van der Waals surface area (Å²) >= 11 is 0. The number of hydrogen-bond acceptors (Lipinski definition) is 1. The Labute approximate surface area is 122 Å². The van der Waals surface area contributed by atoms with Crippen LogP contribution in [0.25, 0.3) is 0 Å². The van der Waals surface area contributed by atoms with Crippen molar-refractivity contribution in [2.24, 2.45) is 0 Å². The van der Waals surface area contributed by atoms with Gasteiger partial charge >= 0.3 is 0 Å². The van der Waals surface area contributed by atoms with Gasteiger partial charge in [0.1, 0.15) is 5.75 Å². The van der Waals surface area contributed by atoms with Gasteiger partial charge in [-0.25, -0.2) is 0 Å². The molecule has 1 N–H and O–H groups in total. The summed E-state index contributed by atoms with van der Waals surface area (Å²) in [4.78, 5) is 0. The molecule has 0 aliphatic heterocycles. The van der Waals surface area contributed by atoms with Gasteiger partial charge in [0.2, 0.25) is 0 Å². The van der Waals surface area contributed by atoms with Gasteiger partial charge in [0.05, 0.1) is 0 Å². The highest BCUT2D eigenvalue weighted by Crippen LogP contribution is 2.41. The van der Waals surface area contributed by atoms with Crippen molar-refractivity contribution in [3.8, 4) is 5.75 Å². The fourth-order valence-electron chi connectivity index (χ4n) is 3.26. The van der Waals surface area contributed by atoms with Gasteiger partial charge in [-0.1, -0.05) is 69.2 Å². The van der Waals surface area contributed by atoms with E-state index < -0.39 is 0 Å². The van der Waals surface area contributed by atoms with Crippen LogP contribution in [0.3, 0.4) is 0 Å². The molecule has 0 aliphatic carbocycles. The molecule has 0 atom stereocenters. The van der Waals surface area contributed by atoms with Crippen molar-refractivity contribution in [3.05, 3.63) is 65.7 Å². The Kier molecular flexibility index (Phi) is 4.84. The average Bonchev–Trinajstić information content (AvgIpc) is 2.48. The molecular weight excluding hydrogens is 244 g/mol. The first-order valence-electron chi connectivity index (χ1n) is 7.58. The molecule has 1 heteroatoms. The Hall–Kier alpha value is -1.76. The van der Waals surface area contributed by atoms with Gasteiger partial charge in [-0.3, -0.25) is 0 Å². The predicted molar refractivity (Wildman–Crippen MR) is 85.1 cm³/mol. The summed E-state index contributed by atoms with van der Waals surface area (Å²) in [5.74, 6) is 0.337. The molecule has 0 amide bonds. The third-order valence-electron chi connectivity index (χ3n) is 4.10. The zero-order valence-electron chi connectivity index (χ0n) is 12.5. The van der Waals surface area contributed by atoms with Crippen LogP contribution in [-0.4, -0.2) is 5.11 Å². The molecule has 0 fully saturated rings. The summed E-state index contributed by atoms with van der Waals surface area (Å²) in [6.45, 7) is 4.49. The molecular formula is C19H24O. The van der Waals surface area contributed by atoms with Crippen LogP contribution in [0.1, 0.15) is 50.7 Å². The Bertz CT molecular complexity index is 507. The second-order valence-corrected chi connectivity index (χ2v) is 5.50. The van der Waals surface area contributed by atoms with E-state index >= 15 is 0 Å². The van der Waals surface area contributed by atoms with E-state index in [9.17, 15) is 5.11 Å². The Morgan fingerprint density at radius 3 is 1.75 bits per heavy atom. The van der Waals surface area contributed by atoms with E-state index in [4.69, 9.17) is 0 Å². The number of benzene rings is 2. The Morgan fingerprint density at radius 2 is 1.25 bits per heavy atom. The molecule has 0 radical (unpaired) electrons. The van der Waals surface area contributed by atoms with Gasteiger partial charge in [-0.15, -0.1) is 0 Å². The molecule has 0 heterocycles. The molecule has 20 heavy (non-hydrogen) atoms. The Morgan fingerprint density at radius 1 is 0.750 bits per heavy atom. The third-order valence-corrected chi connectivity index (χ3v) is 4.10. The van der Waals surface area contributed by atoms with Gasteiger partial charge in [0, 0.05) is 5.41 Å². The summed E-state index contributed by atoms with van der Waals surface area (Å²) in [5.41, 5.74) is 2.76. The molecule has 0 aliphatic rings. The highest BCUT2D eigenvalue weighted by molar-refractivity contribution is 5.41. The maximum absolute atomic E-state index is 9.55. The first kappa shape index (κ1) is 14.6. The SMILES string of the molecule is CCCC(CCC)(c1ccccc1)c1ccc(O)cc1. The predicted octanol–water partition coefficient (Wildman–Crippen LogP) is 5.28. The molecule has 1 nitrogen and oxygen atoms in total. The van der Waals surface area contributed by atoms with Crippen LogP contribution in [0, 0.1) is 0 Å². The van der Waals surface area contributed by atoms with Gasteiger partial charge in [-0.2, -0.15) is 0 Å². The maximum atomic E-state index is 9.55. The first-order chi connectivity index (χ1) is 9.73. The topological polar surface area (TPSA) is 20.2 Å². The van der Waals surface area contributed by atoms with Crippen LogP contribution < -0.4 is 0 Å². The lowest BCUT2D eigenvalue weighted by Gasteiger charge is -2.35. The van der Waals surface area contributed by atoms with Crippen molar-refractivity contribution in [1.82, 2.24) is 0 Å². The molecule has 2 aromatic rings. The monoisotopic (exact) mass is 268 g/mol. The summed E-state index contributed by atoms with van der Waals surface area (Å²) in [5, 5.41) is 9.55. The fraction of sp³-hybridized carbons (Fsp3) is 0.368. The molecule has 0 spiro atoms. The summed E-state index contributed by atoms with van der Waals surface area (Å²) in [6, 6.07) is 18.5. The van der Waals surface area contributed by atoms with E-state index in [2.05, 4.69) is 56.3 Å². The first-order valence-corrected chi connectivity index (χ1v) is 7.58. The van der Waals surface area contributed by atoms with Crippen LogP contribution in [0.2, 0.25) is 0 Å². The van der Waals surface area contributed by atoms with Crippen molar-refractivity contribution in [2.75, 3.05) is 0 Å². The van der Waals surface area contributed by atoms with E-state index in [1.807, 2.05) is 0 Å². The van der Waals surface area contributed by atoms with Crippen LogP contribution in [0.4, 0.5) is 0 Å². The largest absolute Gasteiger partial charge is 0.508 e. The quantitative estimate of drug-likeness (QED) is 0.755. The van der Waals surface area contributed by atoms with Crippen molar-refractivity contribution >= 4 is 0 Å². The molecule has 0 saturated carbocycles. The second-order valence-electron chi connectivity index (χ2n) is 5.50. The van der Waals surface area contributed by atoms with Gasteiger partial charge in [-0.05, 0) is 36.1 Å². The summed E-state index contributed by atoms with van der Waals surface area (Å²) in [7, 11) is 0. The zero-order valence-corrected chi connectivity index (χ0v) is 12.5. The van der Waals surface area contributed by atoms with Crippen LogP contribution in [-0.2, 0) is 5.41 Å². The molecule has 2 rings (SSSR count). The smallest absolute Gasteiger partial charge is 0.115 e. The second kappa shape index (κ2) is 6.60. The number of hydrogen-bond donors (Lipinski definition) is 1. The summed E-state index contributed by atoms with van der Waals surface area (Å²) < 4.78 is 0. The lowest BCUT2D eigenvalue weighted by atomic mass is 9.68. The van der Waals surface area contributed by atoms with E-state index in [1.165, 1.54) is 11.1 Å². The lowest BCUT2D eigenvalue weighted by Crippen LogP contribution is -2.27. The van der Waals surface area contributed by atoms with Gasteiger partial charge < -0.3 is 5.11 Å². The molecule has 0 unspecified atom stereocenters. The van der Waals surface area contributed by atoms with Gasteiger partial charge in [0.25, 0.3) is 0 Å². The molecule has 0 bridgehead atoms. The number of rotatable bonds is 6. The number of aromatic hydroxyl groups is 1. The Balaban J connectivity index is 2.54. The van der Waals surface area contributed by atoms with E-state index in [0.29, 0.717) is 5.75 Å². The average molecular weight is 268 g/mol. The van der Waals surface area contributed by atoms with Crippen molar-refractivity contribution < 1.29 is 5.11 Å². The normalized spacial score (nSPS) is 11.5. The molecule has 0 saturated heterocycles. The standard InChI is InChI=1S/C19H24O/c1-3-14-19(15-4-2,16-8-6-5-7-9-16)17-10-12-18(20)13-11-17/h5-13,20H,3-4,14-15H2,1-2H3. The highest BCUT2D eigenvalue weighted by Gasteiger charge is 2.32. The van der Waals surface area contributed by atoms with Crippen molar-refractivity contribution in [1.29, 1.82) is 0 Å². The fourth-order valence-corrected chi connectivity index (χ4v) is 3.26. The highest BCUT2D eigenvalue weighted by atomic mass is 16.3. The minimum atomic E-state index is 0.0679. The van der Waals surface area contributed by atoms with Crippen LogP contribution >= 0.6 is 0 Å². The maximum Gasteiger partial charge on any atom is 0.115 e. The van der Waals surface area contributed by atoms with Crippen LogP contribution in [0.15, 0.2) is 54.6 Å². The minimum Gasteiger partial charge on any atom is -0.508 e. The number of phenolic OH excluding ortho intramolecular Hbond substituents is 1. The third kappa shape index (κ3) is 2.87. The zero-order chi connectivity index (χ0) is 14.4.